The van der Waals surface area contributed by atoms with Crippen molar-refractivity contribution in [3.63, 3.8) is 0 Å². The van der Waals surface area contributed by atoms with Gasteiger partial charge in [0.1, 0.15) is 5.94 Å². The Balaban J connectivity index is 2.67. The van der Waals surface area contributed by atoms with Gasteiger partial charge in [-0.05, 0) is 11.6 Å². The molecule has 0 atom stereocenters. The van der Waals surface area contributed by atoms with Gasteiger partial charge in [0.25, 0.3) is 0 Å². The molecule has 0 unspecified atom stereocenters. The van der Waals surface area contributed by atoms with E-state index in [2.05, 4.69) is 4.98 Å². The molecule has 1 rings (SSSR count). The topological polar surface area (TPSA) is 30.0 Å². The van der Waals surface area contributed by atoms with E-state index in [1.165, 1.54) is 6.08 Å². The van der Waals surface area contributed by atoms with Crippen molar-refractivity contribution in [3.05, 3.63) is 36.2 Å². The van der Waals surface area contributed by atoms with Crippen LogP contribution in [0, 0.1) is 0 Å². The normalized spacial score (nSPS) is 8.40. The van der Waals surface area contributed by atoms with Crippen molar-refractivity contribution in [2.24, 2.45) is 0 Å². The fourth-order valence-corrected chi connectivity index (χ4v) is 0.678. The fraction of sp³-hybridized carbons (Fsp3) is 0.125. The number of nitrogens with zero attached hydrogens (tertiary/aromatic N) is 1. The summed E-state index contributed by atoms with van der Waals surface area (Å²) < 4.78 is 0. The highest BCUT2D eigenvalue weighted by Crippen LogP contribution is 1.95. The third-order valence-electron chi connectivity index (χ3n) is 1.14. The molecule has 0 N–H and O–H groups in total. The minimum Gasteiger partial charge on any atom is -0.264 e. The molecule has 0 radical (unpaired) electrons. The van der Waals surface area contributed by atoms with E-state index in [0.29, 0.717) is 6.42 Å². The highest BCUT2D eigenvalue weighted by Gasteiger charge is 1.84. The number of hydrogen-bond donors (Lipinski definition) is 0. The number of aromatic nitrogens is 1. The Hall–Kier alpha value is -1.40. The fourth-order valence-electron chi connectivity index (χ4n) is 0.678. The summed E-state index contributed by atoms with van der Waals surface area (Å²) >= 11 is 0. The summed E-state index contributed by atoms with van der Waals surface area (Å²) in [4.78, 5) is 13.7. The van der Waals surface area contributed by atoms with Crippen LogP contribution < -0.4 is 0 Å². The number of rotatable bonds is 2. The highest BCUT2D eigenvalue weighted by molar-refractivity contribution is 5.45. The molecule has 0 spiro atoms. The Bertz CT molecular complexity index is 237. The number of hydrogen-bond acceptors (Lipinski definition) is 2. The molecule has 0 aliphatic heterocycles. The Morgan fingerprint density at radius 2 is 2.60 bits per heavy atom. The van der Waals surface area contributed by atoms with Crippen LogP contribution in [-0.2, 0) is 11.2 Å². The molecular formula is C8H7NO. The van der Waals surface area contributed by atoms with Gasteiger partial charge in [-0.3, -0.25) is 4.98 Å². The Morgan fingerprint density at radius 1 is 1.70 bits per heavy atom. The Kier molecular flexibility index (Phi) is 2.41. The zero-order valence-electron chi connectivity index (χ0n) is 5.45. The maximum Gasteiger partial charge on any atom is 0.120 e. The van der Waals surface area contributed by atoms with Crippen molar-refractivity contribution in [3.8, 4) is 0 Å². The molecule has 1 aromatic heterocycles. The second-order valence-electron chi connectivity index (χ2n) is 1.89. The van der Waals surface area contributed by atoms with E-state index in [9.17, 15) is 4.79 Å². The number of carbonyl (C=O) groups excluding carboxylic acids is 1. The number of allylic oxidation sites excluding steroid dienone is 1. The van der Waals surface area contributed by atoms with Gasteiger partial charge in [0, 0.05) is 24.9 Å². The maximum atomic E-state index is 9.78. The van der Waals surface area contributed by atoms with Crippen LogP contribution in [0.5, 0.6) is 0 Å². The van der Waals surface area contributed by atoms with Crippen LogP contribution in [0.15, 0.2) is 30.6 Å². The molecule has 0 aromatic carbocycles. The van der Waals surface area contributed by atoms with Gasteiger partial charge in [0.15, 0.2) is 0 Å². The first-order valence-corrected chi connectivity index (χ1v) is 3.02. The smallest absolute Gasteiger partial charge is 0.120 e. The van der Waals surface area contributed by atoms with Gasteiger partial charge in [0.05, 0.1) is 0 Å². The second-order valence-corrected chi connectivity index (χ2v) is 1.89. The minimum atomic E-state index is 0.622. The van der Waals surface area contributed by atoms with Gasteiger partial charge in [0.2, 0.25) is 0 Å². The molecule has 1 heterocycles. The van der Waals surface area contributed by atoms with E-state index in [-0.39, 0.29) is 0 Å². The van der Waals surface area contributed by atoms with Gasteiger partial charge >= 0.3 is 0 Å². The van der Waals surface area contributed by atoms with Crippen molar-refractivity contribution in [1.29, 1.82) is 0 Å². The molecule has 10 heavy (non-hydrogen) atoms. The summed E-state index contributed by atoms with van der Waals surface area (Å²) in [5.41, 5.74) is 1.03. The lowest BCUT2D eigenvalue weighted by Gasteiger charge is -1.89. The minimum absolute atomic E-state index is 0.622. The summed E-state index contributed by atoms with van der Waals surface area (Å²) in [7, 11) is 0. The van der Waals surface area contributed by atoms with Crippen LogP contribution in [0.1, 0.15) is 5.56 Å². The lowest BCUT2D eigenvalue weighted by atomic mass is 10.2. The lowest BCUT2D eigenvalue weighted by molar-refractivity contribution is 0.568. The molecule has 0 aliphatic rings. The molecule has 0 saturated carbocycles. The standard InChI is InChI=1S/C8H7NO/c10-6-2-4-8-3-1-5-9-7-8/h1-3,5,7H,4H2. The molecule has 0 amide bonds. The van der Waals surface area contributed by atoms with Gasteiger partial charge in [-0.2, -0.15) is 0 Å². The summed E-state index contributed by atoms with van der Waals surface area (Å²) in [5, 5.41) is 0. The summed E-state index contributed by atoms with van der Waals surface area (Å²) in [6.07, 6.45) is 5.50. The molecule has 0 bridgehead atoms. The van der Waals surface area contributed by atoms with Gasteiger partial charge < -0.3 is 0 Å². The van der Waals surface area contributed by atoms with Gasteiger partial charge in [-0.1, -0.05) is 6.07 Å². The van der Waals surface area contributed by atoms with Crippen LogP contribution >= 0.6 is 0 Å². The summed E-state index contributed by atoms with van der Waals surface area (Å²) in [6, 6.07) is 3.76. The SMILES string of the molecule is O=C=CCc1cccnc1. The van der Waals surface area contributed by atoms with E-state index < -0.39 is 0 Å². The highest BCUT2D eigenvalue weighted by atomic mass is 16.1. The van der Waals surface area contributed by atoms with Crippen LogP contribution in [0.4, 0.5) is 0 Å². The molecule has 1 aromatic rings. The van der Waals surface area contributed by atoms with Crippen molar-refractivity contribution < 1.29 is 4.79 Å². The second kappa shape index (κ2) is 3.59. The summed E-state index contributed by atoms with van der Waals surface area (Å²) in [5.74, 6) is 1.71. The van der Waals surface area contributed by atoms with Crippen molar-refractivity contribution in [2.45, 2.75) is 6.42 Å². The Labute approximate surface area is 59.2 Å². The monoisotopic (exact) mass is 133 g/mol. The zero-order valence-corrected chi connectivity index (χ0v) is 5.45. The molecule has 0 aliphatic carbocycles. The zero-order chi connectivity index (χ0) is 7.23. The quantitative estimate of drug-likeness (QED) is 0.563. The lowest BCUT2D eigenvalue weighted by Crippen LogP contribution is -1.80. The van der Waals surface area contributed by atoms with Crippen molar-refractivity contribution in [1.82, 2.24) is 4.98 Å². The van der Waals surface area contributed by atoms with Crippen LogP contribution in [-0.4, -0.2) is 10.9 Å². The molecule has 2 nitrogen and oxygen atoms in total. The third kappa shape index (κ3) is 1.84. The van der Waals surface area contributed by atoms with Gasteiger partial charge in [-0.15, -0.1) is 0 Å². The van der Waals surface area contributed by atoms with Gasteiger partial charge in [-0.25, -0.2) is 4.79 Å². The first-order valence-electron chi connectivity index (χ1n) is 3.02. The van der Waals surface area contributed by atoms with E-state index in [0.717, 1.165) is 5.56 Å². The third-order valence-corrected chi connectivity index (χ3v) is 1.14. The molecule has 0 saturated heterocycles. The van der Waals surface area contributed by atoms with E-state index >= 15 is 0 Å². The van der Waals surface area contributed by atoms with E-state index in [1.54, 1.807) is 18.3 Å². The molecular weight excluding hydrogens is 126 g/mol. The van der Waals surface area contributed by atoms with E-state index in [1.807, 2.05) is 12.1 Å². The van der Waals surface area contributed by atoms with Crippen molar-refractivity contribution >= 4 is 5.94 Å². The first-order chi connectivity index (χ1) is 4.93. The average molecular weight is 133 g/mol. The van der Waals surface area contributed by atoms with E-state index in [4.69, 9.17) is 0 Å². The summed E-state index contributed by atoms with van der Waals surface area (Å²) in [6.45, 7) is 0. The predicted molar refractivity (Wildman–Crippen MR) is 38.2 cm³/mol. The number of pyridine rings is 1. The van der Waals surface area contributed by atoms with Crippen molar-refractivity contribution in [2.75, 3.05) is 0 Å². The largest absolute Gasteiger partial charge is 0.264 e. The van der Waals surface area contributed by atoms with Crippen LogP contribution in [0.25, 0.3) is 0 Å². The average Bonchev–Trinajstić information content (AvgIpc) is 2.03. The van der Waals surface area contributed by atoms with Crippen LogP contribution in [0.3, 0.4) is 0 Å². The Morgan fingerprint density at radius 3 is 3.20 bits per heavy atom. The molecule has 2 heteroatoms. The maximum absolute atomic E-state index is 9.78. The first kappa shape index (κ1) is 6.72. The predicted octanol–water partition coefficient (Wildman–Crippen LogP) is 1.01. The van der Waals surface area contributed by atoms with Crippen LogP contribution in [0.2, 0.25) is 0 Å². The molecule has 50 valence electrons. The molecule has 0 fully saturated rings.